The van der Waals surface area contributed by atoms with Gasteiger partial charge >= 0.3 is 0 Å². The number of hydrogen-bond acceptors (Lipinski definition) is 9. The van der Waals surface area contributed by atoms with Crippen LogP contribution in [-0.4, -0.2) is 46.0 Å². The molecule has 9 heteroatoms. The number of phenolic OH excluding ortho intramolecular Hbond substituents is 1. The highest BCUT2D eigenvalue weighted by Crippen LogP contribution is 2.40. The smallest absolute Gasteiger partial charge is 0.201 e. The van der Waals surface area contributed by atoms with Crippen molar-refractivity contribution in [2.75, 3.05) is 0 Å². The van der Waals surface area contributed by atoms with E-state index in [1.54, 1.807) is 0 Å². The predicted molar refractivity (Wildman–Crippen MR) is 89.2 cm³/mol. The van der Waals surface area contributed by atoms with Gasteiger partial charge in [0, 0.05) is 22.3 Å². The number of aliphatic hydroxyl groups excluding tert-OH is 5. The van der Waals surface area contributed by atoms with Gasteiger partial charge < -0.3 is 46.0 Å². The topological polar surface area (TPSA) is 182 Å². The zero-order valence-corrected chi connectivity index (χ0v) is 13.8. The predicted octanol–water partition coefficient (Wildman–Crippen LogP) is -0.343. The molecular formula is C17H22O9. The van der Waals surface area contributed by atoms with E-state index in [2.05, 4.69) is 0 Å². The normalized spacial score (nSPS) is 10.3. The van der Waals surface area contributed by atoms with Crippen molar-refractivity contribution in [3.8, 4) is 23.0 Å². The van der Waals surface area contributed by atoms with Crippen molar-refractivity contribution in [2.24, 2.45) is 0 Å². The first-order chi connectivity index (χ1) is 12.3. The van der Waals surface area contributed by atoms with Crippen molar-refractivity contribution in [1.82, 2.24) is 0 Å². The van der Waals surface area contributed by atoms with Crippen molar-refractivity contribution < 1.29 is 46.0 Å². The maximum absolute atomic E-state index is 9.41. The van der Waals surface area contributed by atoms with Crippen LogP contribution in [0, 0.1) is 0 Å². The van der Waals surface area contributed by atoms with E-state index in [-0.39, 0.29) is 36.7 Å². The molecule has 2 aromatic rings. The third kappa shape index (κ3) is 4.75. The fourth-order valence-electron chi connectivity index (χ4n) is 2.17. The molecule has 2 rings (SSSR count). The third-order valence-electron chi connectivity index (χ3n) is 3.60. The first kappa shape index (κ1) is 21.5. The van der Waals surface area contributed by atoms with Gasteiger partial charge in [0.15, 0.2) is 11.5 Å². The van der Waals surface area contributed by atoms with Gasteiger partial charge in [0.1, 0.15) is 5.75 Å². The van der Waals surface area contributed by atoms with Crippen LogP contribution >= 0.6 is 0 Å². The van der Waals surface area contributed by atoms with E-state index in [1.807, 2.05) is 0 Å². The average Bonchev–Trinajstić information content (AvgIpc) is 2.67. The van der Waals surface area contributed by atoms with Crippen LogP contribution in [0.2, 0.25) is 0 Å². The third-order valence-corrected chi connectivity index (χ3v) is 3.60. The summed E-state index contributed by atoms with van der Waals surface area (Å²) in [4.78, 5) is 0. The molecule has 0 aliphatic carbocycles. The molecule has 0 fully saturated rings. The summed E-state index contributed by atoms with van der Waals surface area (Å²) >= 11 is 0. The van der Waals surface area contributed by atoms with Crippen molar-refractivity contribution >= 4 is 0 Å². The Morgan fingerprint density at radius 3 is 1.08 bits per heavy atom. The van der Waals surface area contributed by atoms with E-state index in [0.29, 0.717) is 16.7 Å². The molecule has 9 N–H and O–H groups in total. The molecule has 0 radical (unpaired) electrons. The maximum Gasteiger partial charge on any atom is 0.201 e. The zero-order valence-electron chi connectivity index (χ0n) is 13.8. The summed E-state index contributed by atoms with van der Waals surface area (Å²) in [7, 11) is 0. The van der Waals surface area contributed by atoms with Crippen molar-refractivity contribution in [1.29, 1.82) is 0 Å². The molecule has 0 atom stereocenters. The Bertz CT molecular complexity index is 690. The second kappa shape index (κ2) is 9.80. The Kier molecular flexibility index (Phi) is 8.10. The number of aliphatic hydroxyl groups is 5. The first-order valence-electron chi connectivity index (χ1n) is 7.48. The van der Waals surface area contributed by atoms with Gasteiger partial charge in [-0.3, -0.25) is 0 Å². The van der Waals surface area contributed by atoms with E-state index >= 15 is 0 Å². The van der Waals surface area contributed by atoms with Crippen LogP contribution in [0.5, 0.6) is 23.0 Å². The van der Waals surface area contributed by atoms with E-state index in [4.69, 9.17) is 40.9 Å². The molecule has 9 nitrogen and oxygen atoms in total. The minimum absolute atomic E-state index is 0.0550. The standard InChI is InChI=1S/C9H12O4.C8H10O5/c10-3-6-1-7(4-11)9(13)8(2-6)5-12;9-2-4-1-5(3-10)7(12)8(13)6(4)11/h1-2,10-13H,3-5H2;1,9-13H,2-3H2. The summed E-state index contributed by atoms with van der Waals surface area (Å²) in [5.74, 6) is -1.98. The van der Waals surface area contributed by atoms with Crippen LogP contribution in [-0.2, 0) is 33.0 Å². The lowest BCUT2D eigenvalue weighted by molar-refractivity contribution is 0.259. The zero-order chi connectivity index (χ0) is 19.9. The number of benzene rings is 2. The average molecular weight is 370 g/mol. The molecule has 0 spiro atoms. The lowest BCUT2D eigenvalue weighted by Crippen LogP contribution is -1.95. The summed E-state index contributed by atoms with van der Waals surface area (Å²) in [5.41, 5.74) is 1.30. The molecule has 0 bridgehead atoms. The largest absolute Gasteiger partial charge is 0.507 e. The van der Waals surface area contributed by atoms with Crippen LogP contribution in [0.15, 0.2) is 18.2 Å². The molecule has 0 aromatic heterocycles. The summed E-state index contributed by atoms with van der Waals surface area (Å²) in [6, 6.07) is 4.20. The monoisotopic (exact) mass is 370 g/mol. The Balaban J connectivity index is 0.000000260. The minimum Gasteiger partial charge on any atom is -0.507 e. The summed E-state index contributed by atoms with van der Waals surface area (Å²) < 4.78 is 0. The number of hydrogen-bond donors (Lipinski definition) is 9. The second-order valence-electron chi connectivity index (χ2n) is 5.29. The maximum atomic E-state index is 9.41. The fraction of sp³-hybridized carbons (Fsp3) is 0.294. The van der Waals surface area contributed by atoms with Crippen LogP contribution in [0.1, 0.15) is 27.8 Å². The molecule has 0 aliphatic heterocycles. The number of rotatable bonds is 5. The lowest BCUT2D eigenvalue weighted by Gasteiger charge is -2.08. The Hall–Kier alpha value is -2.56. The van der Waals surface area contributed by atoms with Crippen molar-refractivity contribution in [2.45, 2.75) is 33.0 Å². The van der Waals surface area contributed by atoms with Crippen LogP contribution < -0.4 is 0 Å². The van der Waals surface area contributed by atoms with Gasteiger partial charge in [-0.1, -0.05) is 0 Å². The molecule has 144 valence electrons. The lowest BCUT2D eigenvalue weighted by atomic mass is 10.1. The molecule has 0 amide bonds. The van der Waals surface area contributed by atoms with Gasteiger partial charge in [-0.2, -0.15) is 0 Å². The van der Waals surface area contributed by atoms with Gasteiger partial charge in [0.2, 0.25) is 5.75 Å². The van der Waals surface area contributed by atoms with Gasteiger partial charge in [-0.05, 0) is 23.8 Å². The Morgan fingerprint density at radius 2 is 0.769 bits per heavy atom. The molecule has 26 heavy (non-hydrogen) atoms. The molecule has 0 saturated carbocycles. The van der Waals surface area contributed by atoms with E-state index < -0.39 is 30.5 Å². The molecule has 0 aliphatic rings. The quantitative estimate of drug-likeness (QED) is 0.318. The fourth-order valence-corrected chi connectivity index (χ4v) is 2.17. The van der Waals surface area contributed by atoms with Gasteiger partial charge in [0.05, 0.1) is 33.0 Å². The number of aromatic hydroxyl groups is 4. The summed E-state index contributed by atoms with van der Waals surface area (Å²) in [5, 5.41) is 80.7. The molecular weight excluding hydrogens is 348 g/mol. The van der Waals surface area contributed by atoms with E-state index in [1.165, 1.54) is 18.2 Å². The highest BCUT2D eigenvalue weighted by Gasteiger charge is 2.15. The van der Waals surface area contributed by atoms with E-state index in [9.17, 15) is 5.11 Å². The van der Waals surface area contributed by atoms with Crippen LogP contribution in [0.25, 0.3) is 0 Å². The molecule has 0 heterocycles. The highest BCUT2D eigenvalue weighted by atomic mass is 16.3. The van der Waals surface area contributed by atoms with Crippen LogP contribution in [0.3, 0.4) is 0 Å². The van der Waals surface area contributed by atoms with E-state index in [0.717, 1.165) is 0 Å². The first-order valence-corrected chi connectivity index (χ1v) is 7.48. The molecule has 0 saturated heterocycles. The molecule has 2 aromatic carbocycles. The van der Waals surface area contributed by atoms with Gasteiger partial charge in [-0.25, -0.2) is 0 Å². The highest BCUT2D eigenvalue weighted by molar-refractivity contribution is 5.57. The minimum atomic E-state index is -0.726. The Morgan fingerprint density at radius 1 is 0.423 bits per heavy atom. The van der Waals surface area contributed by atoms with Crippen molar-refractivity contribution in [3.05, 3.63) is 46.0 Å². The van der Waals surface area contributed by atoms with Crippen molar-refractivity contribution in [3.63, 3.8) is 0 Å². The number of phenols is 4. The van der Waals surface area contributed by atoms with Gasteiger partial charge in [0.25, 0.3) is 0 Å². The van der Waals surface area contributed by atoms with Crippen LogP contribution in [0.4, 0.5) is 0 Å². The molecule has 0 unspecified atom stereocenters. The second-order valence-corrected chi connectivity index (χ2v) is 5.29. The Labute approximate surface area is 148 Å². The summed E-state index contributed by atoms with van der Waals surface area (Å²) in [6.07, 6.45) is 0. The summed E-state index contributed by atoms with van der Waals surface area (Å²) in [6.45, 7) is -1.76. The van der Waals surface area contributed by atoms with Gasteiger partial charge in [-0.15, -0.1) is 0 Å². The SMILES string of the molecule is OCc1cc(CO)c(O)c(CO)c1.OCc1cc(CO)c(O)c(O)c1O.